The minimum atomic E-state index is 0.491. The Morgan fingerprint density at radius 1 is 1.53 bits per heavy atom. The molecule has 15 heavy (non-hydrogen) atoms. The van der Waals surface area contributed by atoms with Crippen LogP contribution in [0.4, 0.5) is 5.82 Å². The number of hydrogen-bond donors (Lipinski definition) is 1. The summed E-state index contributed by atoms with van der Waals surface area (Å²) >= 11 is 1.76. The maximum Gasteiger partial charge on any atom is 0.146 e. The van der Waals surface area contributed by atoms with E-state index < -0.39 is 0 Å². The lowest BCUT2D eigenvalue weighted by Crippen LogP contribution is -2.52. The van der Waals surface area contributed by atoms with Gasteiger partial charge in [-0.3, -0.25) is 0 Å². The van der Waals surface area contributed by atoms with Gasteiger partial charge in [-0.05, 0) is 29.3 Å². The lowest BCUT2D eigenvalue weighted by atomic mass is 10.0. The Bertz CT molecular complexity index is 477. The van der Waals surface area contributed by atoms with E-state index in [0.29, 0.717) is 6.04 Å². The van der Waals surface area contributed by atoms with E-state index in [-0.39, 0.29) is 0 Å². The highest BCUT2D eigenvalue weighted by Crippen LogP contribution is 2.33. The fourth-order valence-corrected chi connectivity index (χ4v) is 2.95. The fraction of sp³-hybridized carbons (Fsp3) is 0.364. The molecule has 1 unspecified atom stereocenters. The van der Waals surface area contributed by atoms with E-state index in [1.165, 1.54) is 16.5 Å². The Morgan fingerprint density at radius 2 is 2.47 bits per heavy atom. The lowest BCUT2D eigenvalue weighted by Gasteiger charge is -2.41. The Hall–Kier alpha value is -1.13. The van der Waals surface area contributed by atoms with Crippen LogP contribution in [-0.4, -0.2) is 24.1 Å². The monoisotopic (exact) mass is 219 g/mol. The van der Waals surface area contributed by atoms with Crippen molar-refractivity contribution < 1.29 is 0 Å². The summed E-state index contributed by atoms with van der Waals surface area (Å²) < 4.78 is 1.29. The maximum atomic E-state index is 5.71. The van der Waals surface area contributed by atoms with Crippen LogP contribution in [0, 0.1) is 0 Å². The van der Waals surface area contributed by atoms with Gasteiger partial charge in [0.1, 0.15) is 5.82 Å². The molecule has 78 valence electrons. The van der Waals surface area contributed by atoms with Gasteiger partial charge in [-0.25, -0.2) is 4.98 Å². The van der Waals surface area contributed by atoms with E-state index >= 15 is 0 Å². The molecule has 3 nitrogen and oxygen atoms in total. The van der Waals surface area contributed by atoms with E-state index in [1.54, 1.807) is 11.3 Å². The van der Waals surface area contributed by atoms with Crippen molar-refractivity contribution in [2.24, 2.45) is 5.73 Å². The molecule has 3 rings (SSSR count). The van der Waals surface area contributed by atoms with Gasteiger partial charge in [-0.15, -0.1) is 11.3 Å². The highest BCUT2D eigenvalue weighted by atomic mass is 32.1. The van der Waals surface area contributed by atoms with Gasteiger partial charge in [0.15, 0.2) is 0 Å². The molecular formula is C11H13N3S. The second-order valence-electron chi connectivity index (χ2n) is 3.85. The van der Waals surface area contributed by atoms with E-state index in [2.05, 4.69) is 27.4 Å². The Balaban J connectivity index is 2.06. The zero-order valence-corrected chi connectivity index (χ0v) is 9.20. The number of hydrogen-bond acceptors (Lipinski definition) is 4. The first-order valence-corrected chi connectivity index (χ1v) is 6.07. The summed E-state index contributed by atoms with van der Waals surface area (Å²) in [6.07, 6.45) is 3.08. The predicted octanol–water partition coefficient (Wildman–Crippen LogP) is 1.83. The van der Waals surface area contributed by atoms with Crippen molar-refractivity contribution in [2.45, 2.75) is 12.5 Å². The molecule has 0 radical (unpaired) electrons. The molecule has 1 aliphatic rings. The van der Waals surface area contributed by atoms with E-state index in [0.717, 1.165) is 18.9 Å². The second kappa shape index (κ2) is 3.47. The van der Waals surface area contributed by atoms with Gasteiger partial charge in [0.25, 0.3) is 0 Å². The molecule has 0 saturated carbocycles. The second-order valence-corrected chi connectivity index (χ2v) is 4.76. The molecule has 1 aliphatic heterocycles. The topological polar surface area (TPSA) is 42.1 Å². The predicted molar refractivity (Wildman–Crippen MR) is 64.4 cm³/mol. The van der Waals surface area contributed by atoms with Crippen LogP contribution < -0.4 is 10.6 Å². The molecule has 1 atom stereocenters. The van der Waals surface area contributed by atoms with Gasteiger partial charge in [-0.2, -0.15) is 0 Å². The summed E-state index contributed by atoms with van der Waals surface area (Å²) in [6, 6.07) is 4.69. The molecule has 2 aromatic rings. The number of nitrogens with two attached hydrogens (primary N) is 1. The zero-order chi connectivity index (χ0) is 10.3. The summed E-state index contributed by atoms with van der Waals surface area (Å²) in [6.45, 7) is 1.81. The minimum absolute atomic E-state index is 0.491. The van der Waals surface area contributed by atoms with Crippen molar-refractivity contribution in [1.29, 1.82) is 0 Å². The number of fused-ring (bicyclic) bond motifs is 1. The number of thiophene rings is 1. The molecule has 3 heterocycles. The van der Waals surface area contributed by atoms with Crippen LogP contribution in [0.2, 0.25) is 0 Å². The van der Waals surface area contributed by atoms with Crippen LogP contribution in [0.3, 0.4) is 0 Å². The molecule has 0 aromatic carbocycles. The van der Waals surface area contributed by atoms with E-state index in [1.807, 2.05) is 6.20 Å². The average Bonchev–Trinajstić information content (AvgIpc) is 2.65. The largest absolute Gasteiger partial charge is 0.351 e. The van der Waals surface area contributed by atoms with Crippen LogP contribution in [0.5, 0.6) is 0 Å². The van der Waals surface area contributed by atoms with Crippen molar-refractivity contribution in [1.82, 2.24) is 4.98 Å². The van der Waals surface area contributed by atoms with Crippen molar-refractivity contribution in [3.05, 3.63) is 23.7 Å². The molecule has 2 aromatic heterocycles. The van der Waals surface area contributed by atoms with Gasteiger partial charge >= 0.3 is 0 Å². The Morgan fingerprint density at radius 3 is 3.20 bits per heavy atom. The summed E-state index contributed by atoms with van der Waals surface area (Å²) in [7, 11) is 0. The number of anilines is 1. The third-order valence-electron chi connectivity index (χ3n) is 3.04. The van der Waals surface area contributed by atoms with Gasteiger partial charge in [-0.1, -0.05) is 0 Å². The van der Waals surface area contributed by atoms with Crippen LogP contribution in [0.1, 0.15) is 6.42 Å². The van der Waals surface area contributed by atoms with E-state index in [4.69, 9.17) is 5.73 Å². The third-order valence-corrected chi connectivity index (χ3v) is 3.96. The molecule has 0 spiro atoms. The van der Waals surface area contributed by atoms with Crippen molar-refractivity contribution in [3.63, 3.8) is 0 Å². The van der Waals surface area contributed by atoms with E-state index in [9.17, 15) is 0 Å². The normalized spacial score (nSPS) is 20.6. The molecular weight excluding hydrogens is 206 g/mol. The van der Waals surface area contributed by atoms with Crippen LogP contribution in [0.15, 0.2) is 23.7 Å². The quantitative estimate of drug-likeness (QED) is 0.838. The molecule has 1 fully saturated rings. The summed E-state index contributed by atoms with van der Waals surface area (Å²) in [4.78, 5) is 6.80. The minimum Gasteiger partial charge on any atom is -0.351 e. The number of rotatable bonds is 2. The first kappa shape index (κ1) is 9.12. The van der Waals surface area contributed by atoms with Gasteiger partial charge < -0.3 is 10.6 Å². The SMILES string of the molecule is NCC1CCN1c1nccc2ccsc12. The molecule has 1 saturated heterocycles. The molecule has 0 aliphatic carbocycles. The summed E-state index contributed by atoms with van der Waals surface area (Å²) in [5.74, 6) is 1.12. The average molecular weight is 219 g/mol. The standard InChI is InChI=1S/C11H13N3S/c12-7-9-2-5-14(9)11-10-8(1-4-13-11)3-6-15-10/h1,3-4,6,9H,2,5,7,12H2. The van der Waals surface area contributed by atoms with Gasteiger partial charge in [0, 0.05) is 25.3 Å². The number of aromatic nitrogens is 1. The smallest absolute Gasteiger partial charge is 0.146 e. The Labute approximate surface area is 92.5 Å². The Kier molecular flexibility index (Phi) is 2.11. The number of pyridine rings is 1. The first-order valence-electron chi connectivity index (χ1n) is 5.19. The summed E-state index contributed by atoms with van der Waals surface area (Å²) in [5.41, 5.74) is 5.71. The lowest BCUT2D eigenvalue weighted by molar-refractivity contribution is 0.453. The van der Waals surface area contributed by atoms with Crippen molar-refractivity contribution in [3.8, 4) is 0 Å². The van der Waals surface area contributed by atoms with Crippen LogP contribution >= 0.6 is 11.3 Å². The van der Waals surface area contributed by atoms with Gasteiger partial charge in [0.05, 0.1) is 4.70 Å². The third kappa shape index (κ3) is 1.33. The fourth-order valence-electron chi connectivity index (χ4n) is 2.05. The van der Waals surface area contributed by atoms with Crippen molar-refractivity contribution >= 4 is 27.2 Å². The highest BCUT2D eigenvalue weighted by molar-refractivity contribution is 7.17. The summed E-state index contributed by atoms with van der Waals surface area (Å²) in [5, 5.41) is 3.40. The molecule has 2 N–H and O–H groups in total. The maximum absolute atomic E-state index is 5.71. The van der Waals surface area contributed by atoms with Gasteiger partial charge in [0.2, 0.25) is 0 Å². The first-order chi connectivity index (χ1) is 7.40. The molecule has 0 amide bonds. The van der Waals surface area contributed by atoms with Crippen molar-refractivity contribution in [2.75, 3.05) is 18.0 Å². The highest BCUT2D eigenvalue weighted by Gasteiger charge is 2.28. The zero-order valence-electron chi connectivity index (χ0n) is 8.39. The molecule has 4 heteroatoms. The molecule has 0 bridgehead atoms. The van der Waals surface area contributed by atoms with Crippen LogP contribution in [0.25, 0.3) is 10.1 Å². The van der Waals surface area contributed by atoms with Crippen LogP contribution in [-0.2, 0) is 0 Å². The number of nitrogens with zero attached hydrogens (tertiary/aromatic N) is 2.